The van der Waals surface area contributed by atoms with E-state index in [0.717, 1.165) is 36.1 Å². The number of hydrogen-bond acceptors (Lipinski definition) is 6. The fourth-order valence-electron chi connectivity index (χ4n) is 4.65. The van der Waals surface area contributed by atoms with Gasteiger partial charge in [-0.1, -0.05) is 61.6 Å². The third kappa shape index (κ3) is 4.74. The lowest BCUT2D eigenvalue weighted by atomic mass is 9.69. The monoisotopic (exact) mass is 534 g/mol. The van der Waals surface area contributed by atoms with Crippen LogP contribution in [0, 0.1) is 18.3 Å². The van der Waals surface area contributed by atoms with Crippen molar-refractivity contribution in [1.82, 2.24) is 5.16 Å². The van der Waals surface area contributed by atoms with E-state index in [2.05, 4.69) is 31.2 Å². The first-order valence-electron chi connectivity index (χ1n) is 11.5. The molecule has 1 aromatic carbocycles. The van der Waals surface area contributed by atoms with Gasteiger partial charge in [-0.15, -0.1) is 11.3 Å². The largest absolute Gasteiger partial charge is 0.465 e. The van der Waals surface area contributed by atoms with E-state index in [1.54, 1.807) is 25.1 Å². The van der Waals surface area contributed by atoms with Gasteiger partial charge in [0.25, 0.3) is 5.91 Å². The molecule has 2 aromatic heterocycles. The number of nitrogens with zero attached hydrogens (tertiary/aromatic N) is 1. The van der Waals surface area contributed by atoms with E-state index in [4.69, 9.17) is 32.5 Å². The van der Waals surface area contributed by atoms with Crippen molar-refractivity contribution < 1.29 is 18.8 Å². The lowest BCUT2D eigenvalue weighted by molar-refractivity contribution is 0.0600. The van der Waals surface area contributed by atoms with Crippen LogP contribution in [0.1, 0.15) is 70.5 Å². The van der Waals surface area contributed by atoms with Crippen LogP contribution in [-0.4, -0.2) is 24.1 Å². The average molecular weight is 535 g/mol. The van der Waals surface area contributed by atoms with Crippen LogP contribution in [0.25, 0.3) is 11.3 Å². The SMILES string of the molecule is CCC(C)(C)C1CCc2c(sc(NC(=O)c3c(-c4c(Cl)cccc4Cl)noc3C)c2C(=O)OC)C1. The topological polar surface area (TPSA) is 81.4 Å². The number of carbonyl (C=O) groups excluding carboxylic acids is 2. The number of amides is 1. The van der Waals surface area contributed by atoms with Gasteiger partial charge in [0.2, 0.25) is 0 Å². The number of halogens is 2. The van der Waals surface area contributed by atoms with Gasteiger partial charge in [-0.05, 0) is 55.2 Å². The zero-order valence-corrected chi connectivity index (χ0v) is 22.7. The van der Waals surface area contributed by atoms with Crippen LogP contribution >= 0.6 is 34.5 Å². The van der Waals surface area contributed by atoms with Gasteiger partial charge in [-0.2, -0.15) is 0 Å². The van der Waals surface area contributed by atoms with Crippen LogP contribution in [-0.2, 0) is 17.6 Å². The number of benzene rings is 1. The molecule has 0 saturated carbocycles. The Labute approximate surface area is 218 Å². The Kier molecular flexibility index (Phi) is 7.32. The van der Waals surface area contributed by atoms with Gasteiger partial charge in [-0.25, -0.2) is 4.79 Å². The van der Waals surface area contributed by atoms with Gasteiger partial charge in [0.15, 0.2) is 0 Å². The van der Waals surface area contributed by atoms with Gasteiger partial charge in [-0.3, -0.25) is 4.79 Å². The molecule has 0 bridgehead atoms. The zero-order chi connectivity index (χ0) is 25.5. The van der Waals surface area contributed by atoms with Crippen LogP contribution in [0.2, 0.25) is 10.0 Å². The van der Waals surface area contributed by atoms with Gasteiger partial charge in [0.1, 0.15) is 22.0 Å². The smallest absolute Gasteiger partial charge is 0.341 e. The fraction of sp³-hybridized carbons (Fsp3) is 0.423. The number of methoxy groups -OCH3 is 1. The number of ether oxygens (including phenoxy) is 1. The normalized spacial score (nSPS) is 15.6. The number of carbonyl (C=O) groups is 2. The van der Waals surface area contributed by atoms with Crippen LogP contribution in [0.4, 0.5) is 5.00 Å². The first-order valence-corrected chi connectivity index (χ1v) is 13.1. The highest BCUT2D eigenvalue weighted by molar-refractivity contribution is 7.17. The average Bonchev–Trinajstić information content (AvgIpc) is 3.37. The van der Waals surface area contributed by atoms with Crippen molar-refractivity contribution in [2.45, 2.75) is 53.4 Å². The first-order chi connectivity index (χ1) is 16.6. The first kappa shape index (κ1) is 25.7. The second-order valence-corrected chi connectivity index (χ2v) is 11.4. The number of aromatic nitrogens is 1. The molecule has 186 valence electrons. The standard InChI is InChI=1S/C26H28Cl2N2O4S/c1-6-26(3,4)14-10-11-15-18(12-14)35-24(20(15)25(32)33-5)29-23(31)19-13(2)34-30-22(19)21-16(27)8-7-9-17(21)28/h7-9,14H,6,10-12H2,1-5H3,(H,29,31). The summed E-state index contributed by atoms with van der Waals surface area (Å²) in [5.74, 6) is -0.0903. The summed E-state index contributed by atoms with van der Waals surface area (Å²) in [5.41, 5.74) is 2.48. The van der Waals surface area contributed by atoms with Crippen molar-refractivity contribution in [1.29, 1.82) is 0 Å². The van der Waals surface area contributed by atoms with E-state index in [-0.39, 0.29) is 16.7 Å². The van der Waals surface area contributed by atoms with E-state index in [0.29, 0.717) is 37.9 Å². The Morgan fingerprint density at radius 2 is 1.94 bits per heavy atom. The molecule has 2 heterocycles. The third-order valence-electron chi connectivity index (χ3n) is 7.19. The summed E-state index contributed by atoms with van der Waals surface area (Å²) >= 11 is 14.2. The second kappa shape index (κ2) is 9.96. The van der Waals surface area contributed by atoms with Gasteiger partial charge in [0, 0.05) is 10.4 Å². The maximum atomic E-state index is 13.5. The molecule has 4 rings (SSSR count). The molecule has 1 aliphatic carbocycles. The van der Waals surface area contributed by atoms with Gasteiger partial charge >= 0.3 is 5.97 Å². The molecule has 0 saturated heterocycles. The number of hydrogen-bond donors (Lipinski definition) is 1. The summed E-state index contributed by atoms with van der Waals surface area (Å²) < 4.78 is 10.4. The molecule has 35 heavy (non-hydrogen) atoms. The second-order valence-electron chi connectivity index (χ2n) is 9.49. The molecule has 9 heteroatoms. The van der Waals surface area contributed by atoms with Crippen molar-refractivity contribution in [3.8, 4) is 11.3 Å². The number of rotatable bonds is 6. The van der Waals surface area contributed by atoms with Crippen molar-refractivity contribution in [3.05, 3.63) is 55.6 Å². The summed E-state index contributed by atoms with van der Waals surface area (Å²) in [5, 5.41) is 8.17. The maximum absolute atomic E-state index is 13.5. The maximum Gasteiger partial charge on any atom is 0.341 e. The fourth-order valence-corrected chi connectivity index (χ4v) is 6.53. The Hall–Kier alpha value is -2.35. The van der Waals surface area contributed by atoms with E-state index >= 15 is 0 Å². The molecule has 1 N–H and O–H groups in total. The Morgan fingerprint density at radius 3 is 2.57 bits per heavy atom. The van der Waals surface area contributed by atoms with E-state index in [1.807, 2.05) is 0 Å². The molecule has 1 unspecified atom stereocenters. The van der Waals surface area contributed by atoms with Crippen LogP contribution in [0.5, 0.6) is 0 Å². The van der Waals surface area contributed by atoms with E-state index < -0.39 is 11.9 Å². The Balaban J connectivity index is 1.73. The van der Waals surface area contributed by atoms with Crippen molar-refractivity contribution in [2.24, 2.45) is 11.3 Å². The van der Waals surface area contributed by atoms with Gasteiger partial charge < -0.3 is 14.6 Å². The molecule has 0 fully saturated rings. The molecule has 1 amide bonds. The molecular formula is C26H28Cl2N2O4S. The number of aryl methyl sites for hydroxylation is 1. The van der Waals surface area contributed by atoms with Crippen LogP contribution in [0.3, 0.4) is 0 Å². The number of fused-ring (bicyclic) bond motifs is 1. The summed E-state index contributed by atoms with van der Waals surface area (Å²) in [6.45, 7) is 8.43. The molecule has 6 nitrogen and oxygen atoms in total. The highest BCUT2D eigenvalue weighted by Gasteiger charge is 2.36. The minimum absolute atomic E-state index is 0.194. The quantitative estimate of drug-likeness (QED) is 0.329. The predicted molar refractivity (Wildman–Crippen MR) is 140 cm³/mol. The van der Waals surface area contributed by atoms with Crippen molar-refractivity contribution >= 4 is 51.4 Å². The molecule has 1 aliphatic rings. The zero-order valence-electron chi connectivity index (χ0n) is 20.4. The number of nitrogens with one attached hydrogen (secondary N) is 1. The molecule has 3 aromatic rings. The van der Waals surface area contributed by atoms with E-state index in [9.17, 15) is 9.59 Å². The predicted octanol–water partition coefficient (Wildman–Crippen LogP) is 7.60. The molecule has 1 atom stereocenters. The summed E-state index contributed by atoms with van der Waals surface area (Å²) in [7, 11) is 1.35. The molecule has 0 radical (unpaired) electrons. The lowest BCUT2D eigenvalue weighted by Crippen LogP contribution is -2.28. The number of esters is 1. The highest BCUT2D eigenvalue weighted by Crippen LogP contribution is 2.46. The molecule has 0 spiro atoms. The molecular weight excluding hydrogens is 507 g/mol. The number of anilines is 1. The minimum Gasteiger partial charge on any atom is -0.465 e. The molecule has 0 aliphatic heterocycles. The van der Waals surface area contributed by atoms with Crippen LogP contribution in [0.15, 0.2) is 22.7 Å². The van der Waals surface area contributed by atoms with Gasteiger partial charge in [0.05, 0.1) is 22.7 Å². The Bertz CT molecular complexity index is 1270. The highest BCUT2D eigenvalue weighted by atomic mass is 35.5. The minimum atomic E-state index is -0.456. The summed E-state index contributed by atoms with van der Waals surface area (Å²) in [4.78, 5) is 27.4. The number of thiophene rings is 1. The Morgan fingerprint density at radius 1 is 1.26 bits per heavy atom. The summed E-state index contributed by atoms with van der Waals surface area (Å²) in [6.07, 6.45) is 3.70. The summed E-state index contributed by atoms with van der Waals surface area (Å²) in [6, 6.07) is 5.06. The van der Waals surface area contributed by atoms with E-state index in [1.165, 1.54) is 18.4 Å². The lowest BCUT2D eigenvalue weighted by Gasteiger charge is -2.36. The van der Waals surface area contributed by atoms with Crippen LogP contribution < -0.4 is 5.32 Å². The van der Waals surface area contributed by atoms with Crippen molar-refractivity contribution in [3.63, 3.8) is 0 Å². The third-order valence-corrected chi connectivity index (χ3v) is 8.99. The van der Waals surface area contributed by atoms with Crippen molar-refractivity contribution in [2.75, 3.05) is 12.4 Å².